The maximum Gasteiger partial charge on any atom is 0.431 e. The zero-order chi connectivity index (χ0) is 18.9. The summed E-state index contributed by atoms with van der Waals surface area (Å²) in [5, 5.41) is 8.97. The predicted molar refractivity (Wildman–Crippen MR) is 86.2 cm³/mol. The molecule has 144 valence electrons. The fourth-order valence-electron chi connectivity index (χ4n) is 3.84. The third-order valence-corrected chi connectivity index (χ3v) is 5.22. The van der Waals surface area contributed by atoms with Crippen molar-refractivity contribution in [2.75, 3.05) is 32.8 Å². The van der Waals surface area contributed by atoms with Crippen molar-refractivity contribution in [2.45, 2.75) is 32.0 Å². The average molecular weight is 374 g/mol. The summed E-state index contributed by atoms with van der Waals surface area (Å²) in [5.41, 5.74) is -2.60. The number of carboxylic acids is 1. The van der Waals surface area contributed by atoms with E-state index in [0.29, 0.717) is 29.7 Å². The zero-order valence-electron chi connectivity index (χ0n) is 14.2. The van der Waals surface area contributed by atoms with Crippen LogP contribution >= 0.6 is 0 Å². The fourth-order valence-corrected chi connectivity index (χ4v) is 3.84. The number of aromatic nitrogens is 1. The number of likely N-dealkylation sites (tertiary alicyclic amines) is 1. The molecule has 1 aromatic rings. The summed E-state index contributed by atoms with van der Waals surface area (Å²) >= 11 is 0. The molecular formula is C17H21F3N2O4. The molecule has 0 saturated carbocycles. The molecular weight excluding hydrogens is 353 g/mol. The summed E-state index contributed by atoms with van der Waals surface area (Å²) in [6, 6.07) is 1.37. The van der Waals surface area contributed by atoms with E-state index in [1.54, 1.807) is 0 Å². The molecule has 3 rings (SSSR count). The standard InChI is InChI=1S/C17H21F3N2O4/c18-17(19,20)13-3-2-12(15(24)25)14(23)22(13)7-1-6-21-10-16(11-21)4-8-26-9-5-16/h2-3H,1,4-11H2,(H,24,25). The van der Waals surface area contributed by atoms with Crippen LogP contribution in [-0.4, -0.2) is 53.4 Å². The van der Waals surface area contributed by atoms with E-state index in [1.165, 1.54) is 0 Å². The van der Waals surface area contributed by atoms with Crippen LogP contribution in [0.2, 0.25) is 0 Å². The van der Waals surface area contributed by atoms with Crippen LogP contribution in [0.25, 0.3) is 0 Å². The summed E-state index contributed by atoms with van der Waals surface area (Å²) in [4.78, 5) is 25.3. The van der Waals surface area contributed by atoms with Gasteiger partial charge in [-0.3, -0.25) is 4.79 Å². The normalized spacial score (nSPS) is 20.1. The Labute approximate surface area is 148 Å². The number of ether oxygens (including phenoxy) is 1. The van der Waals surface area contributed by atoms with E-state index < -0.39 is 29.0 Å². The van der Waals surface area contributed by atoms with Gasteiger partial charge in [0.1, 0.15) is 11.3 Å². The first-order valence-electron chi connectivity index (χ1n) is 8.56. The van der Waals surface area contributed by atoms with E-state index in [2.05, 4.69) is 4.90 Å². The summed E-state index contributed by atoms with van der Waals surface area (Å²) in [5.74, 6) is -1.53. The number of halogens is 3. The summed E-state index contributed by atoms with van der Waals surface area (Å²) in [7, 11) is 0. The molecule has 0 radical (unpaired) electrons. The van der Waals surface area contributed by atoms with Crippen LogP contribution in [-0.2, 0) is 17.5 Å². The van der Waals surface area contributed by atoms with Gasteiger partial charge in [-0.2, -0.15) is 13.2 Å². The van der Waals surface area contributed by atoms with Gasteiger partial charge in [0.25, 0.3) is 5.56 Å². The molecule has 2 fully saturated rings. The number of hydrogen-bond acceptors (Lipinski definition) is 4. The smallest absolute Gasteiger partial charge is 0.431 e. The van der Waals surface area contributed by atoms with Gasteiger partial charge in [0.2, 0.25) is 0 Å². The molecule has 9 heteroatoms. The monoisotopic (exact) mass is 374 g/mol. The van der Waals surface area contributed by atoms with Crippen molar-refractivity contribution < 1.29 is 27.8 Å². The summed E-state index contributed by atoms with van der Waals surface area (Å²) in [6.45, 7) is 3.70. The van der Waals surface area contributed by atoms with E-state index in [-0.39, 0.29) is 12.0 Å². The second kappa shape index (κ2) is 7.03. The molecule has 1 spiro atoms. The van der Waals surface area contributed by atoms with E-state index in [1.807, 2.05) is 0 Å². The molecule has 1 aromatic heterocycles. The minimum atomic E-state index is -4.71. The number of nitrogens with zero attached hydrogens (tertiary/aromatic N) is 2. The van der Waals surface area contributed by atoms with Crippen LogP contribution in [0.3, 0.4) is 0 Å². The Morgan fingerprint density at radius 1 is 1.19 bits per heavy atom. The highest BCUT2D eigenvalue weighted by Crippen LogP contribution is 2.39. The lowest BCUT2D eigenvalue weighted by molar-refractivity contribution is -0.144. The Bertz CT molecular complexity index is 731. The molecule has 0 bridgehead atoms. The Balaban J connectivity index is 1.65. The number of carbonyl (C=O) groups is 1. The largest absolute Gasteiger partial charge is 0.477 e. The van der Waals surface area contributed by atoms with Gasteiger partial charge in [0, 0.05) is 38.3 Å². The van der Waals surface area contributed by atoms with Crippen LogP contribution in [0.4, 0.5) is 13.2 Å². The van der Waals surface area contributed by atoms with Gasteiger partial charge >= 0.3 is 12.1 Å². The van der Waals surface area contributed by atoms with Crippen molar-refractivity contribution in [3.8, 4) is 0 Å². The van der Waals surface area contributed by atoms with Gasteiger partial charge in [-0.1, -0.05) is 0 Å². The lowest BCUT2D eigenvalue weighted by Gasteiger charge is -2.52. The number of aromatic carboxylic acids is 1. The first kappa shape index (κ1) is 18.9. The molecule has 3 heterocycles. The number of alkyl halides is 3. The third kappa shape index (κ3) is 3.78. The second-order valence-corrected chi connectivity index (χ2v) is 7.07. The Hall–Kier alpha value is -1.87. The van der Waals surface area contributed by atoms with Gasteiger partial charge < -0.3 is 19.3 Å². The Morgan fingerprint density at radius 2 is 1.85 bits per heavy atom. The van der Waals surface area contributed by atoms with E-state index in [9.17, 15) is 22.8 Å². The lowest BCUT2D eigenvalue weighted by atomic mass is 9.73. The van der Waals surface area contributed by atoms with Gasteiger partial charge in [-0.15, -0.1) is 0 Å². The number of pyridine rings is 1. The predicted octanol–water partition coefficient (Wildman–Crippen LogP) is 2.07. The molecule has 0 aromatic carbocycles. The molecule has 0 atom stereocenters. The second-order valence-electron chi connectivity index (χ2n) is 7.07. The third-order valence-electron chi connectivity index (χ3n) is 5.22. The van der Waals surface area contributed by atoms with Crippen LogP contribution in [0, 0.1) is 5.41 Å². The van der Waals surface area contributed by atoms with Gasteiger partial charge in [-0.05, 0) is 37.9 Å². The number of carboxylic acid groups (broad SMARTS) is 1. The van der Waals surface area contributed by atoms with E-state index >= 15 is 0 Å². The molecule has 2 aliphatic rings. The van der Waals surface area contributed by atoms with Crippen molar-refractivity contribution in [1.82, 2.24) is 9.47 Å². The van der Waals surface area contributed by atoms with Crippen molar-refractivity contribution in [2.24, 2.45) is 5.41 Å². The molecule has 2 saturated heterocycles. The SMILES string of the molecule is O=C(O)c1ccc(C(F)(F)F)n(CCCN2CC3(CCOCC3)C2)c1=O. The highest BCUT2D eigenvalue weighted by atomic mass is 19.4. The molecule has 0 amide bonds. The highest BCUT2D eigenvalue weighted by molar-refractivity contribution is 5.87. The molecule has 0 aliphatic carbocycles. The molecule has 2 aliphatic heterocycles. The van der Waals surface area contributed by atoms with Crippen LogP contribution < -0.4 is 5.56 Å². The molecule has 0 unspecified atom stereocenters. The van der Waals surface area contributed by atoms with Crippen molar-refractivity contribution in [3.63, 3.8) is 0 Å². The van der Waals surface area contributed by atoms with Crippen LogP contribution in [0.15, 0.2) is 16.9 Å². The quantitative estimate of drug-likeness (QED) is 0.854. The van der Waals surface area contributed by atoms with Crippen LogP contribution in [0.5, 0.6) is 0 Å². The molecule has 26 heavy (non-hydrogen) atoms. The lowest BCUT2D eigenvalue weighted by Crippen LogP contribution is -2.58. The first-order valence-corrected chi connectivity index (χ1v) is 8.56. The topological polar surface area (TPSA) is 71.8 Å². The van der Waals surface area contributed by atoms with E-state index in [0.717, 1.165) is 39.1 Å². The zero-order valence-corrected chi connectivity index (χ0v) is 14.2. The van der Waals surface area contributed by atoms with Gasteiger partial charge in [-0.25, -0.2) is 4.79 Å². The maximum absolute atomic E-state index is 13.1. The van der Waals surface area contributed by atoms with E-state index in [4.69, 9.17) is 9.84 Å². The van der Waals surface area contributed by atoms with Crippen molar-refractivity contribution >= 4 is 5.97 Å². The van der Waals surface area contributed by atoms with Crippen LogP contribution in [0.1, 0.15) is 35.3 Å². The molecule has 6 nitrogen and oxygen atoms in total. The minimum absolute atomic E-state index is 0.165. The Kier molecular flexibility index (Phi) is 5.12. The van der Waals surface area contributed by atoms with Gasteiger partial charge in [0.15, 0.2) is 0 Å². The molecule has 1 N–H and O–H groups in total. The van der Waals surface area contributed by atoms with Crippen molar-refractivity contribution in [1.29, 1.82) is 0 Å². The fraction of sp³-hybridized carbons (Fsp3) is 0.647. The number of rotatable bonds is 5. The average Bonchev–Trinajstić information content (AvgIpc) is 2.54. The van der Waals surface area contributed by atoms with Crippen molar-refractivity contribution in [3.05, 3.63) is 33.7 Å². The first-order chi connectivity index (χ1) is 12.2. The van der Waals surface area contributed by atoms with Gasteiger partial charge in [0.05, 0.1) is 0 Å². The number of hydrogen-bond donors (Lipinski definition) is 1. The minimum Gasteiger partial charge on any atom is -0.477 e. The highest BCUT2D eigenvalue weighted by Gasteiger charge is 2.43. The summed E-state index contributed by atoms with van der Waals surface area (Å²) < 4.78 is 45.3. The summed E-state index contributed by atoms with van der Waals surface area (Å²) in [6.07, 6.45) is -2.36. The maximum atomic E-state index is 13.1. The Morgan fingerprint density at radius 3 is 2.42 bits per heavy atom.